The molecular weight excluding hydrogens is 341 g/mol. The molecule has 0 spiro atoms. The number of hydrogen-bond acceptors (Lipinski definition) is 3. The zero-order valence-electron chi connectivity index (χ0n) is 10.8. The molecule has 0 amide bonds. The number of nitro groups is 1. The Balaban J connectivity index is 2.94. The van der Waals surface area contributed by atoms with Crippen molar-refractivity contribution < 1.29 is 18.1 Å². The Labute approximate surface area is 122 Å². The summed E-state index contributed by atoms with van der Waals surface area (Å²) in [4.78, 5) is 11.5. The average molecular weight is 355 g/mol. The van der Waals surface area contributed by atoms with Crippen molar-refractivity contribution in [2.75, 3.05) is 13.1 Å². The fraction of sp³-hybridized carbons (Fsp3) is 0.500. The third-order valence-corrected chi connectivity index (χ3v) is 3.51. The second-order valence-corrected chi connectivity index (χ2v) is 5.13. The highest BCUT2D eigenvalue weighted by Crippen LogP contribution is 2.29. The molecule has 1 aromatic rings. The number of alkyl halides is 3. The normalized spacial score (nSPS) is 11.9. The van der Waals surface area contributed by atoms with Crippen molar-refractivity contribution >= 4 is 21.6 Å². The van der Waals surface area contributed by atoms with Crippen LogP contribution in [0.1, 0.15) is 18.9 Å². The summed E-state index contributed by atoms with van der Waals surface area (Å²) in [5.41, 5.74) is 0.322. The molecule has 0 N–H and O–H groups in total. The highest BCUT2D eigenvalue weighted by molar-refractivity contribution is 9.10. The molecular formula is C12H14BrF3N2O2. The lowest BCUT2D eigenvalue weighted by atomic mass is 10.2. The third-order valence-electron chi connectivity index (χ3n) is 2.59. The van der Waals surface area contributed by atoms with Gasteiger partial charge >= 0.3 is 6.18 Å². The maximum absolute atomic E-state index is 12.5. The molecule has 0 heterocycles. The fourth-order valence-electron chi connectivity index (χ4n) is 1.85. The lowest BCUT2D eigenvalue weighted by Crippen LogP contribution is -2.34. The SMILES string of the molecule is CCCN(Cc1cccc([N+](=O)[O-])c1Br)CC(F)(F)F. The summed E-state index contributed by atoms with van der Waals surface area (Å²) in [5, 5.41) is 10.8. The van der Waals surface area contributed by atoms with Gasteiger partial charge in [0.15, 0.2) is 0 Å². The molecule has 0 saturated heterocycles. The Morgan fingerprint density at radius 2 is 2.05 bits per heavy atom. The number of halogens is 4. The van der Waals surface area contributed by atoms with E-state index in [4.69, 9.17) is 0 Å². The lowest BCUT2D eigenvalue weighted by Gasteiger charge is -2.23. The van der Waals surface area contributed by atoms with Crippen molar-refractivity contribution in [3.63, 3.8) is 0 Å². The van der Waals surface area contributed by atoms with Crippen LogP contribution in [0.15, 0.2) is 22.7 Å². The van der Waals surface area contributed by atoms with Crippen LogP contribution in [0.2, 0.25) is 0 Å². The summed E-state index contributed by atoms with van der Waals surface area (Å²) in [6.07, 6.45) is -3.72. The van der Waals surface area contributed by atoms with Gasteiger partial charge in [-0.05, 0) is 34.5 Å². The van der Waals surface area contributed by atoms with Gasteiger partial charge in [0.1, 0.15) is 0 Å². The van der Waals surface area contributed by atoms with E-state index in [1.807, 2.05) is 0 Å². The van der Waals surface area contributed by atoms with E-state index in [1.165, 1.54) is 17.0 Å². The van der Waals surface area contributed by atoms with Crippen molar-refractivity contribution in [1.29, 1.82) is 0 Å². The Bertz CT molecular complexity index is 480. The highest BCUT2D eigenvalue weighted by atomic mass is 79.9. The van der Waals surface area contributed by atoms with Crippen LogP contribution in [0.5, 0.6) is 0 Å². The van der Waals surface area contributed by atoms with Gasteiger partial charge in [-0.15, -0.1) is 0 Å². The zero-order valence-corrected chi connectivity index (χ0v) is 12.4. The quantitative estimate of drug-likeness (QED) is 0.569. The first kappa shape index (κ1) is 16.9. The molecule has 1 rings (SSSR count). The molecule has 0 aromatic heterocycles. The van der Waals surface area contributed by atoms with E-state index in [9.17, 15) is 23.3 Å². The highest BCUT2D eigenvalue weighted by Gasteiger charge is 2.30. The molecule has 8 heteroatoms. The van der Waals surface area contributed by atoms with Crippen LogP contribution < -0.4 is 0 Å². The molecule has 0 aliphatic heterocycles. The second-order valence-electron chi connectivity index (χ2n) is 4.33. The molecule has 112 valence electrons. The fourth-order valence-corrected chi connectivity index (χ4v) is 2.39. The molecule has 0 fully saturated rings. The van der Waals surface area contributed by atoms with E-state index in [1.54, 1.807) is 13.0 Å². The van der Waals surface area contributed by atoms with E-state index >= 15 is 0 Å². The molecule has 0 radical (unpaired) electrons. The Morgan fingerprint density at radius 1 is 1.40 bits per heavy atom. The van der Waals surface area contributed by atoms with Gasteiger partial charge in [0.25, 0.3) is 5.69 Å². The van der Waals surface area contributed by atoms with E-state index in [0.717, 1.165) is 0 Å². The Morgan fingerprint density at radius 3 is 2.55 bits per heavy atom. The minimum Gasteiger partial charge on any atom is -0.291 e. The maximum Gasteiger partial charge on any atom is 0.401 e. The van der Waals surface area contributed by atoms with Gasteiger partial charge in [0.2, 0.25) is 0 Å². The van der Waals surface area contributed by atoms with Crippen LogP contribution in [0.25, 0.3) is 0 Å². The molecule has 0 atom stereocenters. The minimum atomic E-state index is -4.29. The standard InChI is InChI=1S/C12H14BrF3N2O2/c1-2-6-17(8-12(14,15)16)7-9-4-3-5-10(11(9)13)18(19)20/h3-5H,2,6-8H2,1H3. The molecule has 1 aromatic carbocycles. The molecule has 20 heavy (non-hydrogen) atoms. The van der Waals surface area contributed by atoms with E-state index < -0.39 is 17.6 Å². The van der Waals surface area contributed by atoms with Gasteiger partial charge in [-0.1, -0.05) is 19.1 Å². The summed E-state index contributed by atoms with van der Waals surface area (Å²) < 4.78 is 37.7. The van der Waals surface area contributed by atoms with Crippen molar-refractivity contribution in [2.24, 2.45) is 0 Å². The van der Waals surface area contributed by atoms with Crippen LogP contribution in [-0.2, 0) is 6.54 Å². The number of benzene rings is 1. The van der Waals surface area contributed by atoms with Crippen molar-refractivity contribution in [3.05, 3.63) is 38.3 Å². The van der Waals surface area contributed by atoms with Gasteiger partial charge < -0.3 is 0 Å². The first-order valence-corrected chi connectivity index (χ1v) is 6.74. The predicted octanol–water partition coefficient (Wildman–Crippen LogP) is 4.13. The first-order chi connectivity index (χ1) is 9.24. The smallest absolute Gasteiger partial charge is 0.291 e. The van der Waals surface area contributed by atoms with Gasteiger partial charge in [-0.2, -0.15) is 13.2 Å². The van der Waals surface area contributed by atoms with Crippen molar-refractivity contribution in [2.45, 2.75) is 26.1 Å². The summed E-state index contributed by atoms with van der Waals surface area (Å²) in [6, 6.07) is 4.35. The zero-order chi connectivity index (χ0) is 15.3. The Kier molecular flexibility index (Phi) is 5.94. The molecule has 0 aliphatic carbocycles. The summed E-state index contributed by atoms with van der Waals surface area (Å²) >= 11 is 3.09. The number of hydrogen-bond donors (Lipinski definition) is 0. The molecule has 0 unspecified atom stereocenters. The monoisotopic (exact) mass is 354 g/mol. The van der Waals surface area contributed by atoms with E-state index in [-0.39, 0.29) is 23.2 Å². The summed E-state index contributed by atoms with van der Waals surface area (Å²) in [6.45, 7) is 1.03. The van der Waals surface area contributed by atoms with Crippen molar-refractivity contribution in [3.8, 4) is 0 Å². The van der Waals surface area contributed by atoms with Crippen LogP contribution in [0.4, 0.5) is 18.9 Å². The van der Waals surface area contributed by atoms with Crippen LogP contribution >= 0.6 is 15.9 Å². The number of nitro benzene ring substituents is 1. The van der Waals surface area contributed by atoms with Crippen molar-refractivity contribution in [1.82, 2.24) is 4.90 Å². The number of nitrogens with zero attached hydrogens (tertiary/aromatic N) is 2. The van der Waals surface area contributed by atoms with Gasteiger partial charge in [-0.3, -0.25) is 15.0 Å². The van der Waals surface area contributed by atoms with Gasteiger partial charge in [0, 0.05) is 12.6 Å². The second kappa shape index (κ2) is 7.03. The van der Waals surface area contributed by atoms with Gasteiger partial charge in [0.05, 0.1) is 15.9 Å². The summed E-state index contributed by atoms with van der Waals surface area (Å²) in [5.74, 6) is 0. The maximum atomic E-state index is 12.5. The van der Waals surface area contributed by atoms with Crippen LogP contribution in [0, 0.1) is 10.1 Å². The molecule has 0 aliphatic rings. The van der Waals surface area contributed by atoms with Crippen LogP contribution in [-0.4, -0.2) is 29.1 Å². The molecule has 0 saturated carbocycles. The lowest BCUT2D eigenvalue weighted by molar-refractivity contribution is -0.385. The van der Waals surface area contributed by atoms with E-state index in [0.29, 0.717) is 12.0 Å². The third kappa shape index (κ3) is 5.09. The Hall–Kier alpha value is -1.15. The van der Waals surface area contributed by atoms with Crippen LogP contribution in [0.3, 0.4) is 0 Å². The van der Waals surface area contributed by atoms with E-state index in [2.05, 4.69) is 15.9 Å². The largest absolute Gasteiger partial charge is 0.401 e. The van der Waals surface area contributed by atoms with Gasteiger partial charge in [-0.25, -0.2) is 0 Å². The summed E-state index contributed by atoms with van der Waals surface area (Å²) in [7, 11) is 0. The molecule has 4 nitrogen and oxygen atoms in total. The molecule has 0 bridgehead atoms. The topological polar surface area (TPSA) is 46.4 Å². The first-order valence-electron chi connectivity index (χ1n) is 5.95. The average Bonchev–Trinajstić information content (AvgIpc) is 2.29. The minimum absolute atomic E-state index is 0.00954. The predicted molar refractivity (Wildman–Crippen MR) is 72.4 cm³/mol. The number of rotatable bonds is 6.